The fourth-order valence-electron chi connectivity index (χ4n) is 5.03. The number of carbonyl (C=O) groups excluding carboxylic acids is 1. The van der Waals surface area contributed by atoms with Crippen LogP contribution in [0.15, 0.2) is 54.9 Å². The van der Waals surface area contributed by atoms with Crippen molar-refractivity contribution in [2.75, 3.05) is 19.6 Å². The van der Waals surface area contributed by atoms with Gasteiger partial charge in [-0.15, -0.1) is 0 Å². The molecule has 2 fully saturated rings. The summed E-state index contributed by atoms with van der Waals surface area (Å²) in [6, 6.07) is 15.1. The topological polar surface area (TPSA) is 50.2 Å². The van der Waals surface area contributed by atoms with Crippen LogP contribution < -0.4 is 5.32 Å². The number of nitrogens with one attached hydrogen (secondary N) is 1. The van der Waals surface area contributed by atoms with E-state index in [-0.39, 0.29) is 23.8 Å². The standard InChI is InChI=1S/C23H26N4O/c1-26-15-17(12-25-26)20-13-24-14-21(20)23(28)27-11-5-10-22(27)19-9-4-7-16-6-2-3-8-18(16)19/h2-4,6-9,12,15,20-22,24H,5,10-11,13-14H2,1H3/t20-,21+,22?/m1/s1. The Kier molecular flexibility index (Phi) is 4.40. The molecule has 3 heterocycles. The first kappa shape index (κ1) is 17.4. The Bertz CT molecular complexity index is 1010. The van der Waals surface area contributed by atoms with E-state index < -0.39 is 0 Å². The van der Waals surface area contributed by atoms with Crippen LogP contribution in [0, 0.1) is 5.92 Å². The Labute approximate surface area is 165 Å². The highest BCUT2D eigenvalue weighted by Gasteiger charge is 2.40. The predicted molar refractivity (Wildman–Crippen MR) is 110 cm³/mol. The summed E-state index contributed by atoms with van der Waals surface area (Å²) in [5, 5.41) is 10.3. The van der Waals surface area contributed by atoms with Crippen molar-refractivity contribution in [2.24, 2.45) is 13.0 Å². The van der Waals surface area contributed by atoms with Gasteiger partial charge in [-0.3, -0.25) is 9.48 Å². The largest absolute Gasteiger partial charge is 0.335 e. The van der Waals surface area contributed by atoms with E-state index in [9.17, 15) is 4.79 Å². The van der Waals surface area contributed by atoms with Gasteiger partial charge in [-0.1, -0.05) is 42.5 Å². The van der Waals surface area contributed by atoms with E-state index in [1.54, 1.807) is 0 Å². The summed E-state index contributed by atoms with van der Waals surface area (Å²) < 4.78 is 1.82. The van der Waals surface area contributed by atoms with Crippen molar-refractivity contribution < 1.29 is 4.79 Å². The number of aryl methyl sites for hydroxylation is 1. The van der Waals surface area contributed by atoms with Crippen LogP contribution in [-0.2, 0) is 11.8 Å². The molecular formula is C23H26N4O. The number of fused-ring (bicyclic) bond motifs is 1. The maximum absolute atomic E-state index is 13.6. The molecule has 2 aliphatic heterocycles. The summed E-state index contributed by atoms with van der Waals surface area (Å²) in [6.45, 7) is 2.44. The third kappa shape index (κ3) is 2.90. The first-order valence-corrected chi connectivity index (χ1v) is 10.2. The molecule has 0 saturated carbocycles. The van der Waals surface area contributed by atoms with Crippen molar-refractivity contribution in [3.05, 3.63) is 66.0 Å². The first-order valence-electron chi connectivity index (χ1n) is 10.2. The van der Waals surface area contributed by atoms with Crippen LogP contribution in [0.5, 0.6) is 0 Å². The molecule has 0 spiro atoms. The van der Waals surface area contributed by atoms with Crippen molar-refractivity contribution in [3.8, 4) is 0 Å². The number of benzene rings is 2. The van der Waals surface area contributed by atoms with E-state index in [0.717, 1.165) is 38.0 Å². The van der Waals surface area contributed by atoms with Gasteiger partial charge in [-0.2, -0.15) is 5.10 Å². The molecule has 0 aliphatic carbocycles. The minimum Gasteiger partial charge on any atom is -0.335 e. The minimum atomic E-state index is -0.0141. The van der Waals surface area contributed by atoms with Crippen molar-refractivity contribution in [1.29, 1.82) is 0 Å². The van der Waals surface area contributed by atoms with Crippen LogP contribution in [0.1, 0.15) is 35.9 Å². The lowest BCUT2D eigenvalue weighted by molar-refractivity contribution is -0.136. The summed E-state index contributed by atoms with van der Waals surface area (Å²) in [5.74, 6) is 0.476. The molecule has 5 nitrogen and oxygen atoms in total. The van der Waals surface area contributed by atoms with Crippen LogP contribution >= 0.6 is 0 Å². The first-order chi connectivity index (χ1) is 13.7. The number of aromatic nitrogens is 2. The molecule has 5 heteroatoms. The molecule has 0 bridgehead atoms. The highest BCUT2D eigenvalue weighted by atomic mass is 16.2. The summed E-state index contributed by atoms with van der Waals surface area (Å²) in [7, 11) is 1.93. The minimum absolute atomic E-state index is 0.0141. The fourth-order valence-corrected chi connectivity index (χ4v) is 5.03. The average Bonchev–Trinajstić information content (AvgIpc) is 3.47. The van der Waals surface area contributed by atoms with Gasteiger partial charge in [0.15, 0.2) is 0 Å². The molecule has 3 aromatic rings. The lowest BCUT2D eigenvalue weighted by Crippen LogP contribution is -2.38. The number of rotatable bonds is 3. The van der Waals surface area contributed by atoms with Gasteiger partial charge in [0.2, 0.25) is 5.91 Å². The zero-order valence-corrected chi connectivity index (χ0v) is 16.2. The van der Waals surface area contributed by atoms with Crippen LogP contribution in [0.4, 0.5) is 0 Å². The highest BCUT2D eigenvalue weighted by Crippen LogP contribution is 2.39. The zero-order chi connectivity index (χ0) is 19.1. The van der Waals surface area contributed by atoms with Crippen LogP contribution in [0.3, 0.4) is 0 Å². The Hall–Kier alpha value is -2.66. The van der Waals surface area contributed by atoms with Crippen molar-refractivity contribution >= 4 is 16.7 Å². The molecule has 1 amide bonds. The summed E-state index contributed by atoms with van der Waals surface area (Å²) >= 11 is 0. The molecule has 0 radical (unpaired) electrons. The van der Waals surface area contributed by atoms with Gasteiger partial charge in [-0.25, -0.2) is 0 Å². The number of hydrogen-bond donors (Lipinski definition) is 1. The maximum Gasteiger partial charge on any atom is 0.228 e. The lowest BCUT2D eigenvalue weighted by Gasteiger charge is -2.30. The Morgan fingerprint density at radius 3 is 2.86 bits per heavy atom. The van der Waals surface area contributed by atoms with E-state index in [4.69, 9.17) is 0 Å². The molecular weight excluding hydrogens is 348 g/mol. The van der Waals surface area contributed by atoms with Crippen molar-refractivity contribution in [3.63, 3.8) is 0 Å². The van der Waals surface area contributed by atoms with E-state index in [2.05, 4.69) is 57.8 Å². The number of nitrogens with zero attached hydrogens (tertiary/aromatic N) is 3. The summed E-state index contributed by atoms with van der Waals surface area (Å²) in [6.07, 6.45) is 6.06. The van der Waals surface area contributed by atoms with Crippen molar-refractivity contribution in [1.82, 2.24) is 20.0 Å². The smallest absolute Gasteiger partial charge is 0.228 e. The third-order valence-electron chi connectivity index (χ3n) is 6.40. The zero-order valence-electron chi connectivity index (χ0n) is 16.2. The molecule has 28 heavy (non-hydrogen) atoms. The normalized spacial score (nSPS) is 24.9. The fraction of sp³-hybridized carbons (Fsp3) is 0.391. The van der Waals surface area contributed by atoms with Crippen molar-refractivity contribution in [2.45, 2.75) is 24.8 Å². The highest BCUT2D eigenvalue weighted by molar-refractivity contribution is 5.87. The molecule has 1 aromatic heterocycles. The number of amides is 1. The van der Waals surface area contributed by atoms with Gasteiger partial charge >= 0.3 is 0 Å². The summed E-state index contributed by atoms with van der Waals surface area (Å²) in [5.41, 5.74) is 2.44. The van der Waals surface area contributed by atoms with Gasteiger partial charge in [0.1, 0.15) is 0 Å². The Balaban J connectivity index is 1.45. The van der Waals surface area contributed by atoms with E-state index >= 15 is 0 Å². The number of carbonyl (C=O) groups is 1. The molecule has 2 aliphatic rings. The maximum atomic E-state index is 13.6. The third-order valence-corrected chi connectivity index (χ3v) is 6.40. The van der Waals surface area contributed by atoms with Gasteiger partial charge in [0.05, 0.1) is 18.2 Å². The van der Waals surface area contributed by atoms with Gasteiger partial charge in [0, 0.05) is 38.8 Å². The molecule has 3 atom stereocenters. The lowest BCUT2D eigenvalue weighted by atomic mass is 9.89. The van der Waals surface area contributed by atoms with Gasteiger partial charge in [-0.05, 0) is 34.7 Å². The molecule has 1 N–H and O–H groups in total. The van der Waals surface area contributed by atoms with Gasteiger partial charge < -0.3 is 10.2 Å². The molecule has 5 rings (SSSR count). The Morgan fingerprint density at radius 2 is 2.00 bits per heavy atom. The molecule has 1 unspecified atom stereocenters. The summed E-state index contributed by atoms with van der Waals surface area (Å²) in [4.78, 5) is 15.8. The van der Waals surface area contributed by atoms with E-state index in [0.29, 0.717) is 0 Å². The average molecular weight is 374 g/mol. The molecule has 2 aromatic carbocycles. The number of hydrogen-bond acceptors (Lipinski definition) is 3. The molecule has 2 saturated heterocycles. The van der Waals surface area contributed by atoms with Crippen LogP contribution in [0.2, 0.25) is 0 Å². The predicted octanol–water partition coefficient (Wildman–Crippen LogP) is 3.24. The second kappa shape index (κ2) is 7.06. The quantitative estimate of drug-likeness (QED) is 0.766. The van der Waals surface area contributed by atoms with Gasteiger partial charge in [0.25, 0.3) is 0 Å². The monoisotopic (exact) mass is 374 g/mol. The SMILES string of the molecule is Cn1cc([C@H]2CNC[C@@H]2C(=O)N2CCCC2c2cccc3ccccc23)cn1. The van der Waals surface area contributed by atoms with E-state index in [1.165, 1.54) is 16.3 Å². The van der Waals surface area contributed by atoms with Crippen LogP contribution in [-0.4, -0.2) is 40.2 Å². The number of likely N-dealkylation sites (tertiary alicyclic amines) is 1. The van der Waals surface area contributed by atoms with E-state index in [1.807, 2.05) is 24.1 Å². The van der Waals surface area contributed by atoms with Crippen LogP contribution in [0.25, 0.3) is 10.8 Å². The second-order valence-corrected chi connectivity index (χ2v) is 8.08. The Morgan fingerprint density at radius 1 is 1.14 bits per heavy atom. The molecule has 144 valence electrons. The second-order valence-electron chi connectivity index (χ2n) is 8.08.